The Morgan fingerprint density at radius 3 is 2.64 bits per heavy atom. The average molecular weight is 148 g/mol. The number of hydrogen-bond donors (Lipinski definition) is 1. The summed E-state index contributed by atoms with van der Waals surface area (Å²) in [6, 6.07) is 0. The number of nitrogens with one attached hydrogen (secondary N) is 1. The summed E-state index contributed by atoms with van der Waals surface area (Å²) in [6.07, 6.45) is 4.57. The largest absolute Gasteiger partial charge is 0.285 e. The molecule has 0 aliphatic carbocycles. The first kappa shape index (κ1) is 5.90. The lowest BCUT2D eigenvalue weighted by Gasteiger charge is -1.87. The molecular weight excluding hydrogens is 144 g/mol. The first-order valence-corrected chi connectivity index (χ1v) is 2.96. The van der Waals surface area contributed by atoms with Crippen molar-refractivity contribution in [2.75, 3.05) is 0 Å². The van der Waals surface area contributed by atoms with Crippen molar-refractivity contribution in [2.24, 2.45) is 0 Å². The minimum absolute atomic E-state index is 0.473. The van der Waals surface area contributed by atoms with Crippen molar-refractivity contribution in [1.29, 1.82) is 0 Å². The number of nitrogens with zero attached hydrogens (tertiary/aromatic N) is 5. The van der Waals surface area contributed by atoms with Crippen LogP contribution in [0.2, 0.25) is 0 Å². The van der Waals surface area contributed by atoms with E-state index in [9.17, 15) is 0 Å². The molecule has 2 aromatic rings. The number of aromatic amines is 1. The predicted octanol–water partition coefficient (Wildman–Crippen LogP) is -0.343. The highest BCUT2D eigenvalue weighted by Crippen LogP contribution is 2.07. The number of H-pyrrole nitrogens is 1. The topological polar surface area (TPSA) is 80.2 Å². The maximum absolute atomic E-state index is 3.74. The maximum atomic E-state index is 3.74. The monoisotopic (exact) mass is 148 g/mol. The molecule has 0 amide bonds. The second-order valence-electron chi connectivity index (χ2n) is 1.86. The van der Waals surface area contributed by atoms with Crippen molar-refractivity contribution in [3.05, 3.63) is 18.7 Å². The van der Waals surface area contributed by atoms with Gasteiger partial charge in [-0.3, -0.25) is 5.10 Å². The summed E-state index contributed by atoms with van der Waals surface area (Å²) < 4.78 is 0. The van der Waals surface area contributed by atoms with Crippen LogP contribution in [-0.4, -0.2) is 30.6 Å². The third-order valence-electron chi connectivity index (χ3n) is 1.16. The van der Waals surface area contributed by atoms with Crippen LogP contribution in [0.1, 0.15) is 0 Å². The van der Waals surface area contributed by atoms with Gasteiger partial charge in [0.05, 0.1) is 11.8 Å². The number of rotatable bonds is 1. The Balaban J connectivity index is 2.46. The lowest BCUT2D eigenvalue weighted by molar-refractivity contribution is 0.865. The van der Waals surface area contributed by atoms with E-state index in [-0.39, 0.29) is 0 Å². The van der Waals surface area contributed by atoms with Crippen LogP contribution in [0.4, 0.5) is 0 Å². The zero-order valence-corrected chi connectivity index (χ0v) is 5.47. The Morgan fingerprint density at radius 2 is 2.00 bits per heavy atom. The quantitative estimate of drug-likeness (QED) is 0.598. The summed E-state index contributed by atoms with van der Waals surface area (Å²) >= 11 is 0. The van der Waals surface area contributed by atoms with Crippen molar-refractivity contribution in [2.45, 2.75) is 0 Å². The van der Waals surface area contributed by atoms with E-state index < -0.39 is 0 Å². The standard InChI is InChI=1S/C5H4N6/c1-4(2-7-6-1)5-10-8-3-9-11-5/h1-3H,(H,6,7). The molecule has 0 spiro atoms. The molecule has 6 heteroatoms. The normalized spacial score (nSPS) is 9.82. The van der Waals surface area contributed by atoms with Crippen LogP contribution in [0.25, 0.3) is 11.4 Å². The molecule has 2 rings (SSSR count). The van der Waals surface area contributed by atoms with Crippen molar-refractivity contribution < 1.29 is 0 Å². The predicted molar refractivity (Wildman–Crippen MR) is 35.2 cm³/mol. The SMILES string of the molecule is c1nnc(-c2cn[nH]c2)nn1. The van der Waals surface area contributed by atoms with E-state index in [0.717, 1.165) is 5.56 Å². The van der Waals surface area contributed by atoms with E-state index in [1.54, 1.807) is 12.4 Å². The van der Waals surface area contributed by atoms with Gasteiger partial charge in [-0.2, -0.15) is 5.10 Å². The van der Waals surface area contributed by atoms with Gasteiger partial charge in [0.1, 0.15) is 0 Å². The van der Waals surface area contributed by atoms with Gasteiger partial charge < -0.3 is 0 Å². The second-order valence-corrected chi connectivity index (χ2v) is 1.86. The van der Waals surface area contributed by atoms with Crippen LogP contribution in [0.5, 0.6) is 0 Å². The van der Waals surface area contributed by atoms with Gasteiger partial charge in [-0.25, -0.2) is 0 Å². The highest BCUT2D eigenvalue weighted by atomic mass is 15.3. The first-order chi connectivity index (χ1) is 5.47. The molecule has 2 heterocycles. The zero-order chi connectivity index (χ0) is 7.52. The number of aromatic nitrogens is 6. The summed E-state index contributed by atoms with van der Waals surface area (Å²) in [5.74, 6) is 0.473. The van der Waals surface area contributed by atoms with Gasteiger partial charge in [-0.1, -0.05) is 0 Å². The molecular formula is C5H4N6. The Kier molecular flexibility index (Phi) is 1.29. The summed E-state index contributed by atoms with van der Waals surface area (Å²) in [6.45, 7) is 0. The van der Waals surface area contributed by atoms with Gasteiger partial charge in [0.15, 0.2) is 6.33 Å². The second kappa shape index (κ2) is 2.41. The van der Waals surface area contributed by atoms with Gasteiger partial charge in [0.25, 0.3) is 0 Å². The van der Waals surface area contributed by atoms with Gasteiger partial charge in [-0.05, 0) is 0 Å². The van der Waals surface area contributed by atoms with Crippen molar-refractivity contribution in [1.82, 2.24) is 30.6 Å². The Morgan fingerprint density at radius 1 is 1.18 bits per heavy atom. The van der Waals surface area contributed by atoms with Crippen LogP contribution >= 0.6 is 0 Å². The van der Waals surface area contributed by atoms with E-state index in [0.29, 0.717) is 5.82 Å². The lowest BCUT2D eigenvalue weighted by atomic mass is 10.3. The van der Waals surface area contributed by atoms with Gasteiger partial charge in [0.2, 0.25) is 5.82 Å². The fourth-order valence-corrected chi connectivity index (χ4v) is 0.693. The first-order valence-electron chi connectivity index (χ1n) is 2.96. The van der Waals surface area contributed by atoms with E-state index in [4.69, 9.17) is 0 Å². The third kappa shape index (κ3) is 1.05. The minimum Gasteiger partial charge on any atom is -0.285 e. The highest BCUT2D eigenvalue weighted by Gasteiger charge is 2.00. The Bertz CT molecular complexity index is 314. The molecule has 0 saturated heterocycles. The van der Waals surface area contributed by atoms with Crippen LogP contribution in [0, 0.1) is 0 Å². The molecule has 0 aromatic carbocycles. The van der Waals surface area contributed by atoms with E-state index >= 15 is 0 Å². The molecule has 6 nitrogen and oxygen atoms in total. The summed E-state index contributed by atoms with van der Waals surface area (Å²) in [5.41, 5.74) is 0.783. The van der Waals surface area contributed by atoms with Crippen LogP contribution in [0.15, 0.2) is 18.7 Å². The van der Waals surface area contributed by atoms with E-state index in [1.165, 1.54) is 6.33 Å². The van der Waals surface area contributed by atoms with Crippen molar-refractivity contribution in [3.8, 4) is 11.4 Å². The molecule has 0 aliphatic heterocycles. The van der Waals surface area contributed by atoms with Crippen LogP contribution in [0.3, 0.4) is 0 Å². The van der Waals surface area contributed by atoms with Gasteiger partial charge in [-0.15, -0.1) is 20.4 Å². The fraction of sp³-hybridized carbons (Fsp3) is 0. The molecule has 0 fully saturated rings. The molecule has 0 atom stereocenters. The van der Waals surface area contributed by atoms with Crippen molar-refractivity contribution in [3.63, 3.8) is 0 Å². The number of hydrogen-bond acceptors (Lipinski definition) is 5. The molecule has 2 aromatic heterocycles. The molecule has 0 radical (unpaired) electrons. The average Bonchev–Trinajstić information content (AvgIpc) is 2.58. The highest BCUT2D eigenvalue weighted by molar-refractivity contribution is 5.49. The smallest absolute Gasteiger partial charge is 0.206 e. The summed E-state index contributed by atoms with van der Waals surface area (Å²) in [7, 11) is 0. The zero-order valence-electron chi connectivity index (χ0n) is 5.47. The lowest BCUT2D eigenvalue weighted by Crippen LogP contribution is -1.92. The van der Waals surface area contributed by atoms with Gasteiger partial charge >= 0.3 is 0 Å². The van der Waals surface area contributed by atoms with E-state index in [2.05, 4.69) is 30.6 Å². The van der Waals surface area contributed by atoms with Gasteiger partial charge in [0, 0.05) is 6.20 Å². The maximum Gasteiger partial charge on any atom is 0.206 e. The van der Waals surface area contributed by atoms with Crippen LogP contribution < -0.4 is 0 Å². The minimum atomic E-state index is 0.473. The van der Waals surface area contributed by atoms with E-state index in [1.807, 2.05) is 0 Å². The fourth-order valence-electron chi connectivity index (χ4n) is 0.693. The summed E-state index contributed by atoms with van der Waals surface area (Å²) in [4.78, 5) is 0. The third-order valence-corrected chi connectivity index (χ3v) is 1.16. The molecule has 1 N–H and O–H groups in total. The van der Waals surface area contributed by atoms with Crippen molar-refractivity contribution >= 4 is 0 Å². The molecule has 11 heavy (non-hydrogen) atoms. The molecule has 0 saturated carbocycles. The molecule has 54 valence electrons. The summed E-state index contributed by atoms with van der Waals surface area (Å²) in [5, 5.41) is 21.0. The Labute approximate surface area is 61.7 Å². The Hall–Kier alpha value is -1.85. The van der Waals surface area contributed by atoms with Crippen LogP contribution in [-0.2, 0) is 0 Å². The molecule has 0 aliphatic rings. The molecule has 0 unspecified atom stereocenters. The molecule has 0 bridgehead atoms.